The Morgan fingerprint density at radius 2 is 1.92 bits per heavy atom. The number of aromatic nitrogens is 1. The van der Waals surface area contributed by atoms with Gasteiger partial charge in [-0.15, -0.1) is 0 Å². The Labute approximate surface area is 156 Å². The molecule has 1 saturated heterocycles. The van der Waals surface area contributed by atoms with Gasteiger partial charge in [-0.05, 0) is 75.0 Å². The van der Waals surface area contributed by atoms with Crippen molar-refractivity contribution in [2.45, 2.75) is 20.8 Å². The molecule has 0 bridgehead atoms. The molecular weight excluding hydrogens is 350 g/mol. The van der Waals surface area contributed by atoms with Crippen molar-refractivity contribution in [3.8, 4) is 5.69 Å². The minimum absolute atomic E-state index is 0.237. The summed E-state index contributed by atoms with van der Waals surface area (Å²) < 4.78 is 7.07. The molecule has 2 aromatic rings. The third-order valence-corrected chi connectivity index (χ3v) is 4.33. The lowest BCUT2D eigenvalue weighted by Gasteiger charge is -2.10. The summed E-state index contributed by atoms with van der Waals surface area (Å²) in [6.45, 7) is 6.09. The van der Waals surface area contributed by atoms with Gasteiger partial charge in [-0.2, -0.15) is 0 Å². The van der Waals surface area contributed by atoms with Crippen LogP contribution in [0.25, 0.3) is 11.8 Å². The lowest BCUT2D eigenvalue weighted by molar-refractivity contribution is -0.115. The predicted molar refractivity (Wildman–Crippen MR) is 103 cm³/mol. The van der Waals surface area contributed by atoms with E-state index in [0.29, 0.717) is 23.0 Å². The highest BCUT2D eigenvalue weighted by molar-refractivity contribution is 7.80. The summed E-state index contributed by atoms with van der Waals surface area (Å²) in [6, 6.07) is 9.24. The van der Waals surface area contributed by atoms with E-state index in [0.717, 1.165) is 22.6 Å². The molecule has 7 heteroatoms. The number of carbonyl (C=O) groups excluding carboxylic acids is 2. The maximum absolute atomic E-state index is 11.8. The van der Waals surface area contributed by atoms with Crippen LogP contribution < -0.4 is 10.6 Å². The van der Waals surface area contributed by atoms with Gasteiger partial charge in [-0.1, -0.05) is 0 Å². The summed E-state index contributed by atoms with van der Waals surface area (Å²) in [7, 11) is 0. The van der Waals surface area contributed by atoms with Gasteiger partial charge in [0.1, 0.15) is 5.70 Å². The standard InChI is InChI=1S/C19H19N3O3S/c1-4-25-18(24)13-5-7-15(8-6-13)22-11(2)9-14(12(22)3)10-16-17(23)21-19(26)20-16/h5-10H,4H2,1-3H3,(H2,20,21,23,26)/b16-10+. The molecule has 1 aliphatic rings. The van der Waals surface area contributed by atoms with Crippen molar-refractivity contribution in [3.05, 3.63) is 58.5 Å². The van der Waals surface area contributed by atoms with Crippen LogP contribution in [0, 0.1) is 13.8 Å². The molecule has 0 atom stereocenters. The highest BCUT2D eigenvalue weighted by atomic mass is 32.1. The number of nitrogens with one attached hydrogen (secondary N) is 2. The summed E-state index contributed by atoms with van der Waals surface area (Å²) >= 11 is 4.95. The molecule has 1 aliphatic heterocycles. The van der Waals surface area contributed by atoms with Crippen molar-refractivity contribution in [2.24, 2.45) is 0 Å². The largest absolute Gasteiger partial charge is 0.462 e. The molecule has 26 heavy (non-hydrogen) atoms. The topological polar surface area (TPSA) is 72.4 Å². The third kappa shape index (κ3) is 3.39. The number of aryl methyl sites for hydroxylation is 1. The average molecular weight is 369 g/mol. The molecule has 0 saturated carbocycles. The zero-order valence-electron chi connectivity index (χ0n) is 14.8. The summed E-state index contributed by atoms with van der Waals surface area (Å²) in [4.78, 5) is 23.6. The van der Waals surface area contributed by atoms with Gasteiger partial charge in [0.25, 0.3) is 5.91 Å². The van der Waals surface area contributed by atoms with E-state index in [2.05, 4.69) is 15.2 Å². The zero-order chi connectivity index (χ0) is 18.8. The molecular formula is C19H19N3O3S. The number of hydrogen-bond donors (Lipinski definition) is 2. The first kappa shape index (κ1) is 17.9. The smallest absolute Gasteiger partial charge is 0.338 e. The van der Waals surface area contributed by atoms with Crippen molar-refractivity contribution in [1.29, 1.82) is 0 Å². The summed E-state index contributed by atoms with van der Waals surface area (Å²) in [5.41, 5.74) is 4.77. The quantitative estimate of drug-likeness (QED) is 0.492. The Kier molecular flexibility index (Phi) is 4.90. The van der Waals surface area contributed by atoms with Gasteiger partial charge in [0.2, 0.25) is 0 Å². The van der Waals surface area contributed by atoms with Crippen molar-refractivity contribution in [1.82, 2.24) is 15.2 Å². The molecule has 3 rings (SSSR count). The highest BCUT2D eigenvalue weighted by Gasteiger charge is 2.21. The van der Waals surface area contributed by atoms with E-state index >= 15 is 0 Å². The number of esters is 1. The van der Waals surface area contributed by atoms with Gasteiger partial charge >= 0.3 is 5.97 Å². The van der Waals surface area contributed by atoms with Crippen LogP contribution in [0.15, 0.2) is 36.0 Å². The Bertz CT molecular complexity index is 926. The molecule has 0 aliphatic carbocycles. The SMILES string of the molecule is CCOC(=O)c1ccc(-n2c(C)cc(/C=C3/NC(=S)NC3=O)c2C)cc1. The van der Waals surface area contributed by atoms with E-state index in [-0.39, 0.29) is 11.9 Å². The number of amides is 1. The maximum atomic E-state index is 11.8. The molecule has 1 amide bonds. The van der Waals surface area contributed by atoms with E-state index in [1.165, 1.54) is 0 Å². The van der Waals surface area contributed by atoms with Crippen LogP contribution in [-0.2, 0) is 9.53 Å². The fourth-order valence-corrected chi connectivity index (χ4v) is 3.13. The van der Waals surface area contributed by atoms with Gasteiger partial charge in [-0.3, -0.25) is 10.1 Å². The Hall–Kier alpha value is -2.93. The van der Waals surface area contributed by atoms with Gasteiger partial charge in [-0.25, -0.2) is 4.79 Å². The first-order chi connectivity index (χ1) is 12.4. The first-order valence-corrected chi connectivity index (χ1v) is 8.62. The molecule has 1 aromatic carbocycles. The minimum atomic E-state index is -0.334. The number of hydrogen-bond acceptors (Lipinski definition) is 4. The van der Waals surface area contributed by atoms with E-state index in [4.69, 9.17) is 17.0 Å². The van der Waals surface area contributed by atoms with Crippen LogP contribution in [0.3, 0.4) is 0 Å². The molecule has 0 radical (unpaired) electrons. The van der Waals surface area contributed by atoms with Crippen LogP contribution in [-0.4, -0.2) is 28.2 Å². The molecule has 1 aromatic heterocycles. The number of carbonyl (C=O) groups is 2. The fraction of sp³-hybridized carbons (Fsp3) is 0.211. The summed E-state index contributed by atoms with van der Waals surface area (Å²) in [5, 5.41) is 5.71. The van der Waals surface area contributed by atoms with E-state index in [1.807, 2.05) is 32.0 Å². The van der Waals surface area contributed by atoms with Crippen molar-refractivity contribution in [3.63, 3.8) is 0 Å². The van der Waals surface area contributed by atoms with Gasteiger partial charge in [0.15, 0.2) is 5.11 Å². The molecule has 2 heterocycles. The number of benzene rings is 1. The molecule has 1 fully saturated rings. The van der Waals surface area contributed by atoms with Crippen LogP contribution in [0.5, 0.6) is 0 Å². The Morgan fingerprint density at radius 1 is 1.23 bits per heavy atom. The highest BCUT2D eigenvalue weighted by Crippen LogP contribution is 2.23. The number of thiocarbonyl (C=S) groups is 1. The van der Waals surface area contributed by atoms with Gasteiger partial charge in [0.05, 0.1) is 12.2 Å². The van der Waals surface area contributed by atoms with Crippen LogP contribution in [0.2, 0.25) is 0 Å². The van der Waals surface area contributed by atoms with Crippen LogP contribution in [0.1, 0.15) is 34.2 Å². The predicted octanol–water partition coefficient (Wildman–Crippen LogP) is 2.62. The van der Waals surface area contributed by atoms with Crippen molar-refractivity contribution in [2.75, 3.05) is 6.61 Å². The number of nitrogens with zero attached hydrogens (tertiary/aromatic N) is 1. The molecule has 6 nitrogen and oxygen atoms in total. The second kappa shape index (κ2) is 7.13. The lowest BCUT2D eigenvalue weighted by atomic mass is 10.2. The first-order valence-electron chi connectivity index (χ1n) is 8.21. The Morgan fingerprint density at radius 3 is 2.50 bits per heavy atom. The zero-order valence-corrected chi connectivity index (χ0v) is 15.6. The van der Waals surface area contributed by atoms with Crippen LogP contribution >= 0.6 is 12.2 Å². The Balaban J connectivity index is 1.93. The molecule has 134 valence electrons. The second-order valence-electron chi connectivity index (χ2n) is 5.90. The number of rotatable bonds is 4. The van der Waals surface area contributed by atoms with E-state index < -0.39 is 0 Å². The maximum Gasteiger partial charge on any atom is 0.338 e. The molecule has 0 unspecified atom stereocenters. The van der Waals surface area contributed by atoms with Crippen molar-refractivity contribution >= 4 is 35.3 Å². The molecule has 2 N–H and O–H groups in total. The van der Waals surface area contributed by atoms with E-state index in [1.54, 1.807) is 25.1 Å². The normalized spacial score (nSPS) is 15.1. The third-order valence-electron chi connectivity index (χ3n) is 4.13. The fourth-order valence-electron chi connectivity index (χ4n) is 2.93. The monoisotopic (exact) mass is 369 g/mol. The average Bonchev–Trinajstić information content (AvgIpc) is 3.06. The van der Waals surface area contributed by atoms with Gasteiger partial charge in [0, 0.05) is 17.1 Å². The minimum Gasteiger partial charge on any atom is -0.462 e. The van der Waals surface area contributed by atoms with Crippen LogP contribution in [0.4, 0.5) is 0 Å². The summed E-state index contributed by atoms with van der Waals surface area (Å²) in [5.74, 6) is -0.571. The lowest BCUT2D eigenvalue weighted by Crippen LogP contribution is -2.21. The van der Waals surface area contributed by atoms with Crippen molar-refractivity contribution < 1.29 is 14.3 Å². The summed E-state index contributed by atoms with van der Waals surface area (Å²) in [6.07, 6.45) is 1.78. The molecule has 0 spiro atoms. The van der Waals surface area contributed by atoms with E-state index in [9.17, 15) is 9.59 Å². The second-order valence-corrected chi connectivity index (χ2v) is 6.30. The van der Waals surface area contributed by atoms with Gasteiger partial charge < -0.3 is 14.6 Å². The number of ether oxygens (including phenoxy) is 1.